The summed E-state index contributed by atoms with van der Waals surface area (Å²) in [5, 5.41) is 8.17. The van der Waals surface area contributed by atoms with Gasteiger partial charge in [0.05, 0.1) is 17.3 Å². The summed E-state index contributed by atoms with van der Waals surface area (Å²) in [6, 6.07) is 10.2. The number of fused-ring (bicyclic) bond motifs is 1. The van der Waals surface area contributed by atoms with Gasteiger partial charge >= 0.3 is 0 Å². The Morgan fingerprint density at radius 2 is 1.94 bits per heavy atom. The van der Waals surface area contributed by atoms with Gasteiger partial charge < -0.3 is 5.32 Å². The van der Waals surface area contributed by atoms with Crippen molar-refractivity contribution in [3.8, 4) is 22.3 Å². The van der Waals surface area contributed by atoms with Gasteiger partial charge in [0.1, 0.15) is 12.6 Å². The molecule has 1 aliphatic rings. The summed E-state index contributed by atoms with van der Waals surface area (Å²) in [6.45, 7) is 0.734. The van der Waals surface area contributed by atoms with Crippen molar-refractivity contribution in [3.63, 3.8) is 0 Å². The summed E-state index contributed by atoms with van der Waals surface area (Å²) in [6.07, 6.45) is 11.6. The maximum absolute atomic E-state index is 12.6. The van der Waals surface area contributed by atoms with E-state index in [2.05, 4.69) is 39.7 Å². The van der Waals surface area contributed by atoms with Crippen LogP contribution < -0.4 is 14.9 Å². The second-order valence-corrected chi connectivity index (χ2v) is 8.00. The lowest BCUT2D eigenvalue weighted by Gasteiger charge is -2.08. The molecule has 0 saturated heterocycles. The number of nitrogens with zero attached hydrogens (tertiary/aromatic N) is 4. The number of pyridine rings is 2. The zero-order chi connectivity index (χ0) is 21.4. The Morgan fingerprint density at radius 1 is 1.16 bits per heavy atom. The molecular weight excluding hydrogens is 390 g/mol. The zero-order valence-electron chi connectivity index (χ0n) is 17.6. The van der Waals surface area contributed by atoms with Crippen LogP contribution in [0.2, 0.25) is 0 Å². The minimum Gasteiger partial charge on any atom is -0.352 e. The molecule has 31 heavy (non-hydrogen) atoms. The van der Waals surface area contributed by atoms with Gasteiger partial charge in [-0.25, -0.2) is 4.98 Å². The fourth-order valence-corrected chi connectivity index (χ4v) is 3.68. The standard InChI is InChI=1S/C24H23N5O2/c1-28-13-20(12-27-28)17-5-7-18(8-6-17)22-14-29(31-2)15-23-21(22)9-19(11-25-23)24(30)26-10-16-3-4-16/h5-9,11-16H,3-4,10H2,1-2H3/p+1. The van der Waals surface area contributed by atoms with Crippen LogP contribution in [0, 0.1) is 5.92 Å². The number of carbonyl (C=O) groups is 1. The molecule has 1 saturated carbocycles. The van der Waals surface area contributed by atoms with Crippen molar-refractivity contribution in [1.82, 2.24) is 20.1 Å². The fraction of sp³-hybridized carbons (Fsp3) is 0.250. The molecule has 0 aliphatic heterocycles. The molecule has 3 heterocycles. The van der Waals surface area contributed by atoms with Crippen LogP contribution in [0.1, 0.15) is 23.2 Å². The molecule has 7 heteroatoms. The number of rotatable bonds is 6. The molecule has 3 aromatic heterocycles. The molecule has 0 bridgehead atoms. The summed E-state index contributed by atoms with van der Waals surface area (Å²) in [5.74, 6) is 0.551. The van der Waals surface area contributed by atoms with Crippen molar-refractivity contribution in [2.24, 2.45) is 13.0 Å². The molecule has 7 nitrogen and oxygen atoms in total. The van der Waals surface area contributed by atoms with Gasteiger partial charge in [0.2, 0.25) is 12.4 Å². The van der Waals surface area contributed by atoms with E-state index in [0.29, 0.717) is 11.5 Å². The first-order chi connectivity index (χ1) is 15.1. The summed E-state index contributed by atoms with van der Waals surface area (Å²) in [4.78, 5) is 22.6. The quantitative estimate of drug-likeness (QED) is 0.493. The SMILES string of the molecule is CO[n+]1cc(-c2ccc(-c3cnn(C)c3)cc2)c2cc(C(=O)NCC3CC3)cnc2c1. The summed E-state index contributed by atoms with van der Waals surface area (Å²) in [7, 11) is 3.52. The van der Waals surface area contributed by atoms with Gasteiger partial charge in [-0.15, -0.1) is 0 Å². The van der Waals surface area contributed by atoms with E-state index in [1.807, 2.05) is 37.9 Å². The molecule has 0 unspecified atom stereocenters. The number of nitrogens with one attached hydrogen (secondary N) is 1. The summed E-state index contributed by atoms with van der Waals surface area (Å²) in [5.41, 5.74) is 5.44. The van der Waals surface area contributed by atoms with Crippen LogP contribution in [0.25, 0.3) is 33.2 Å². The maximum Gasteiger partial charge on any atom is 0.252 e. The lowest BCUT2D eigenvalue weighted by atomic mass is 9.99. The molecule has 1 aliphatic carbocycles. The van der Waals surface area contributed by atoms with E-state index in [1.165, 1.54) is 12.8 Å². The summed E-state index contributed by atoms with van der Waals surface area (Å²) >= 11 is 0. The van der Waals surface area contributed by atoms with E-state index in [-0.39, 0.29) is 5.91 Å². The van der Waals surface area contributed by atoms with Crippen LogP contribution in [0.3, 0.4) is 0 Å². The highest BCUT2D eigenvalue weighted by Crippen LogP contribution is 2.30. The Labute approximate surface area is 180 Å². The van der Waals surface area contributed by atoms with E-state index in [0.717, 1.165) is 39.7 Å². The van der Waals surface area contributed by atoms with Crippen molar-refractivity contribution < 1.29 is 14.4 Å². The monoisotopic (exact) mass is 414 g/mol. The van der Waals surface area contributed by atoms with Crippen molar-refractivity contribution in [2.45, 2.75) is 12.8 Å². The largest absolute Gasteiger partial charge is 0.352 e. The van der Waals surface area contributed by atoms with Crippen LogP contribution in [0.15, 0.2) is 61.3 Å². The molecule has 1 N–H and O–H groups in total. The Bertz CT molecular complexity index is 1260. The average molecular weight is 414 g/mol. The Morgan fingerprint density at radius 3 is 2.61 bits per heavy atom. The molecule has 1 fully saturated rings. The minimum atomic E-state index is -0.0809. The first kappa shape index (κ1) is 19.2. The van der Waals surface area contributed by atoms with Crippen LogP contribution in [0.4, 0.5) is 0 Å². The van der Waals surface area contributed by atoms with E-state index < -0.39 is 0 Å². The highest BCUT2D eigenvalue weighted by atomic mass is 16.6. The lowest BCUT2D eigenvalue weighted by molar-refractivity contribution is -0.884. The molecular formula is C24H24N5O2+. The number of amides is 1. The van der Waals surface area contributed by atoms with E-state index >= 15 is 0 Å². The smallest absolute Gasteiger partial charge is 0.252 e. The van der Waals surface area contributed by atoms with Crippen LogP contribution in [-0.4, -0.2) is 34.3 Å². The highest BCUT2D eigenvalue weighted by molar-refractivity contribution is 6.00. The predicted octanol–water partition coefficient (Wildman–Crippen LogP) is 2.79. The first-order valence-electron chi connectivity index (χ1n) is 10.4. The molecule has 156 valence electrons. The number of benzene rings is 1. The van der Waals surface area contributed by atoms with Gasteiger partial charge in [0, 0.05) is 41.7 Å². The fourth-order valence-electron chi connectivity index (χ4n) is 3.68. The van der Waals surface area contributed by atoms with Crippen molar-refractivity contribution >= 4 is 16.8 Å². The van der Waals surface area contributed by atoms with Crippen molar-refractivity contribution in [2.75, 3.05) is 13.7 Å². The normalized spacial score (nSPS) is 13.4. The second-order valence-electron chi connectivity index (χ2n) is 8.00. The van der Waals surface area contributed by atoms with Crippen LogP contribution >= 0.6 is 0 Å². The average Bonchev–Trinajstić information content (AvgIpc) is 3.54. The number of aromatic nitrogens is 4. The van der Waals surface area contributed by atoms with E-state index in [1.54, 1.807) is 22.7 Å². The van der Waals surface area contributed by atoms with Gasteiger partial charge in [0.15, 0.2) is 0 Å². The maximum atomic E-state index is 12.6. The van der Waals surface area contributed by atoms with Gasteiger partial charge in [-0.2, -0.15) is 5.10 Å². The first-order valence-corrected chi connectivity index (χ1v) is 10.4. The third kappa shape index (κ3) is 3.99. The Balaban J connectivity index is 1.53. The molecule has 0 radical (unpaired) electrons. The van der Waals surface area contributed by atoms with Crippen LogP contribution in [-0.2, 0) is 7.05 Å². The molecule has 5 rings (SSSR count). The number of hydrogen-bond donors (Lipinski definition) is 1. The molecule has 1 amide bonds. The Kier molecular flexibility index (Phi) is 4.86. The van der Waals surface area contributed by atoms with E-state index in [4.69, 9.17) is 4.84 Å². The minimum absolute atomic E-state index is 0.0809. The number of carbonyl (C=O) groups excluding carboxylic acids is 1. The van der Waals surface area contributed by atoms with Gasteiger partial charge in [-0.05, 0) is 36.0 Å². The molecule has 0 spiro atoms. The predicted molar refractivity (Wildman–Crippen MR) is 117 cm³/mol. The number of aryl methyl sites for hydroxylation is 1. The topological polar surface area (TPSA) is 72.9 Å². The molecule has 1 aromatic carbocycles. The lowest BCUT2D eigenvalue weighted by Crippen LogP contribution is -2.40. The Hall–Kier alpha value is -3.74. The summed E-state index contributed by atoms with van der Waals surface area (Å²) < 4.78 is 3.42. The third-order valence-electron chi connectivity index (χ3n) is 5.67. The number of hydrogen-bond acceptors (Lipinski definition) is 4. The zero-order valence-corrected chi connectivity index (χ0v) is 17.6. The second kappa shape index (κ2) is 7.83. The van der Waals surface area contributed by atoms with Gasteiger partial charge in [-0.1, -0.05) is 24.3 Å². The van der Waals surface area contributed by atoms with Crippen LogP contribution in [0.5, 0.6) is 0 Å². The van der Waals surface area contributed by atoms with Crippen molar-refractivity contribution in [3.05, 3.63) is 66.9 Å². The van der Waals surface area contributed by atoms with Crippen molar-refractivity contribution in [1.29, 1.82) is 0 Å². The van der Waals surface area contributed by atoms with Gasteiger partial charge in [-0.3, -0.25) is 14.3 Å². The third-order valence-corrected chi connectivity index (χ3v) is 5.67. The molecule has 4 aromatic rings. The van der Waals surface area contributed by atoms with E-state index in [9.17, 15) is 4.79 Å². The highest BCUT2D eigenvalue weighted by Gasteiger charge is 2.22. The van der Waals surface area contributed by atoms with Gasteiger partial charge in [0.25, 0.3) is 5.91 Å². The molecule has 0 atom stereocenters.